The normalized spacial score (nSPS) is 15.8. The molecule has 3 aromatic rings. The average molecular weight is 388 g/mol. The number of aromatic carboxylic acids is 1. The van der Waals surface area contributed by atoms with Crippen molar-refractivity contribution in [3.05, 3.63) is 89.5 Å². The van der Waals surface area contributed by atoms with Crippen molar-refractivity contribution in [1.82, 2.24) is 0 Å². The second-order valence-electron chi connectivity index (χ2n) is 6.75. The molecule has 0 spiro atoms. The zero-order valence-corrected chi connectivity index (χ0v) is 15.8. The summed E-state index contributed by atoms with van der Waals surface area (Å²) in [6.45, 7) is 0. The van der Waals surface area contributed by atoms with Crippen molar-refractivity contribution in [2.45, 2.75) is 12.5 Å². The lowest BCUT2D eigenvalue weighted by Crippen LogP contribution is -2.18. The maximum Gasteiger partial charge on any atom is 0.335 e. The van der Waals surface area contributed by atoms with Gasteiger partial charge in [-0.15, -0.1) is 0 Å². The minimum absolute atomic E-state index is 0.0915. The number of phenolic OH excluding ortho intramolecular Hbond substituents is 1. The Labute approximate surface area is 168 Å². The molecular weight excluding hydrogens is 368 g/mol. The van der Waals surface area contributed by atoms with Gasteiger partial charge in [0.15, 0.2) is 0 Å². The molecule has 0 aliphatic carbocycles. The summed E-state index contributed by atoms with van der Waals surface area (Å²) in [6.07, 6.45) is 0.602. The predicted octanol–water partition coefficient (Wildman–Crippen LogP) is 4.45. The molecule has 1 unspecified atom stereocenters. The summed E-state index contributed by atoms with van der Waals surface area (Å²) in [7, 11) is 1.63. The van der Waals surface area contributed by atoms with Crippen molar-refractivity contribution < 1.29 is 19.7 Å². The number of nitrogens with zero attached hydrogens (tertiary/aromatic N) is 2. The smallest absolute Gasteiger partial charge is 0.335 e. The van der Waals surface area contributed by atoms with Gasteiger partial charge in [0.2, 0.25) is 0 Å². The molecule has 1 aliphatic heterocycles. The minimum Gasteiger partial charge on any atom is -0.507 e. The Kier molecular flexibility index (Phi) is 4.91. The standard InChI is InChI=1S/C23H20N2O4/c1-29-18-12-8-15(9-13-18)21-14-20(19-4-2-3-5-22(19)26)24-25(21)17-10-6-16(7-11-17)23(27)28/h2-13,21,26H,14H2,1H3,(H,27,28). The molecule has 146 valence electrons. The number of hydrazone groups is 1. The molecule has 0 saturated carbocycles. The van der Waals surface area contributed by atoms with Gasteiger partial charge < -0.3 is 14.9 Å². The first-order valence-electron chi connectivity index (χ1n) is 9.19. The Bertz CT molecular complexity index is 1060. The van der Waals surface area contributed by atoms with Crippen LogP contribution in [0.2, 0.25) is 0 Å². The summed E-state index contributed by atoms with van der Waals surface area (Å²) in [5.41, 5.74) is 3.50. The molecule has 1 aliphatic rings. The molecule has 4 rings (SSSR count). The Balaban J connectivity index is 1.74. The quantitative estimate of drug-likeness (QED) is 0.675. The van der Waals surface area contributed by atoms with Crippen molar-refractivity contribution in [3.8, 4) is 11.5 Å². The van der Waals surface area contributed by atoms with Crippen LogP contribution < -0.4 is 9.75 Å². The SMILES string of the molecule is COc1ccc(C2CC(c3ccccc3O)=NN2c2ccc(C(=O)O)cc2)cc1. The number of aromatic hydroxyl groups is 1. The molecule has 1 atom stereocenters. The molecule has 0 saturated heterocycles. The van der Waals surface area contributed by atoms with E-state index in [4.69, 9.17) is 14.9 Å². The topological polar surface area (TPSA) is 82.4 Å². The van der Waals surface area contributed by atoms with Gasteiger partial charge in [-0.2, -0.15) is 5.10 Å². The molecule has 2 N–H and O–H groups in total. The summed E-state index contributed by atoms with van der Waals surface area (Å²) in [6, 6.07) is 21.4. The lowest BCUT2D eigenvalue weighted by molar-refractivity contribution is 0.0697. The Morgan fingerprint density at radius 1 is 1.03 bits per heavy atom. The fourth-order valence-electron chi connectivity index (χ4n) is 3.47. The first kappa shape index (κ1) is 18.6. The number of rotatable bonds is 5. The highest BCUT2D eigenvalue weighted by Crippen LogP contribution is 2.38. The number of carbonyl (C=O) groups is 1. The Hall–Kier alpha value is -3.80. The maximum absolute atomic E-state index is 11.2. The summed E-state index contributed by atoms with van der Waals surface area (Å²) in [5.74, 6) is -0.0168. The largest absolute Gasteiger partial charge is 0.507 e. The van der Waals surface area contributed by atoms with E-state index in [0.29, 0.717) is 12.0 Å². The van der Waals surface area contributed by atoms with Crippen LogP contribution in [-0.4, -0.2) is 29.0 Å². The second kappa shape index (κ2) is 7.67. The van der Waals surface area contributed by atoms with Gasteiger partial charge in [-0.3, -0.25) is 5.01 Å². The number of anilines is 1. The predicted molar refractivity (Wildman–Crippen MR) is 111 cm³/mol. The first-order valence-corrected chi connectivity index (χ1v) is 9.19. The highest BCUT2D eigenvalue weighted by atomic mass is 16.5. The fourth-order valence-corrected chi connectivity index (χ4v) is 3.47. The lowest BCUT2D eigenvalue weighted by Gasteiger charge is -2.24. The van der Waals surface area contributed by atoms with Gasteiger partial charge in [0.05, 0.1) is 30.1 Å². The van der Waals surface area contributed by atoms with E-state index in [2.05, 4.69) is 0 Å². The van der Waals surface area contributed by atoms with E-state index in [9.17, 15) is 9.90 Å². The van der Waals surface area contributed by atoms with Crippen LogP contribution in [0, 0.1) is 0 Å². The number of hydrogen-bond acceptors (Lipinski definition) is 5. The number of carboxylic acid groups (broad SMARTS) is 1. The van der Waals surface area contributed by atoms with Crippen molar-refractivity contribution >= 4 is 17.4 Å². The third-order valence-electron chi connectivity index (χ3n) is 5.00. The van der Waals surface area contributed by atoms with Crippen molar-refractivity contribution in [2.75, 3.05) is 12.1 Å². The Morgan fingerprint density at radius 2 is 1.72 bits per heavy atom. The maximum atomic E-state index is 11.2. The van der Waals surface area contributed by atoms with Crippen LogP contribution in [0.15, 0.2) is 77.9 Å². The summed E-state index contributed by atoms with van der Waals surface area (Å²) < 4.78 is 5.25. The minimum atomic E-state index is -0.969. The van der Waals surface area contributed by atoms with E-state index in [-0.39, 0.29) is 17.4 Å². The highest BCUT2D eigenvalue weighted by molar-refractivity contribution is 6.05. The van der Waals surface area contributed by atoms with Gasteiger partial charge in [0, 0.05) is 12.0 Å². The molecule has 6 heteroatoms. The number of hydrogen-bond donors (Lipinski definition) is 2. The van der Waals surface area contributed by atoms with Crippen LogP contribution in [0.5, 0.6) is 11.5 Å². The van der Waals surface area contributed by atoms with Gasteiger partial charge in [-0.05, 0) is 54.1 Å². The molecule has 29 heavy (non-hydrogen) atoms. The van der Waals surface area contributed by atoms with Gasteiger partial charge in [-0.1, -0.05) is 24.3 Å². The molecule has 0 bridgehead atoms. The molecule has 0 aromatic heterocycles. The Morgan fingerprint density at radius 3 is 2.34 bits per heavy atom. The van der Waals surface area contributed by atoms with Gasteiger partial charge >= 0.3 is 5.97 Å². The van der Waals surface area contributed by atoms with E-state index in [1.54, 1.807) is 43.5 Å². The molecule has 0 radical (unpaired) electrons. The van der Waals surface area contributed by atoms with Gasteiger partial charge in [0.1, 0.15) is 11.5 Å². The number of phenols is 1. The third-order valence-corrected chi connectivity index (χ3v) is 5.00. The van der Waals surface area contributed by atoms with Crippen LogP contribution in [0.4, 0.5) is 5.69 Å². The zero-order valence-electron chi connectivity index (χ0n) is 15.8. The summed E-state index contributed by atoms with van der Waals surface area (Å²) in [4.78, 5) is 11.2. The van der Waals surface area contributed by atoms with E-state index in [1.165, 1.54) is 0 Å². The highest BCUT2D eigenvalue weighted by Gasteiger charge is 2.31. The first-order chi connectivity index (χ1) is 14.1. The molecular formula is C23H20N2O4. The number of para-hydroxylation sites is 1. The monoisotopic (exact) mass is 388 g/mol. The van der Waals surface area contributed by atoms with E-state index >= 15 is 0 Å². The lowest BCUT2D eigenvalue weighted by atomic mass is 9.97. The molecule has 6 nitrogen and oxygen atoms in total. The van der Waals surface area contributed by atoms with Crippen LogP contribution >= 0.6 is 0 Å². The van der Waals surface area contributed by atoms with E-state index < -0.39 is 5.97 Å². The third kappa shape index (κ3) is 3.65. The zero-order chi connectivity index (χ0) is 20.4. The number of methoxy groups -OCH3 is 1. The molecule has 0 fully saturated rings. The second-order valence-corrected chi connectivity index (χ2v) is 6.75. The van der Waals surface area contributed by atoms with Crippen LogP contribution in [-0.2, 0) is 0 Å². The van der Waals surface area contributed by atoms with Gasteiger partial charge in [0.25, 0.3) is 0 Å². The number of ether oxygens (including phenoxy) is 1. The molecule has 0 amide bonds. The van der Waals surface area contributed by atoms with Crippen molar-refractivity contribution in [3.63, 3.8) is 0 Å². The average Bonchev–Trinajstić information content (AvgIpc) is 3.19. The molecule has 1 heterocycles. The number of benzene rings is 3. The van der Waals surface area contributed by atoms with Gasteiger partial charge in [-0.25, -0.2) is 4.79 Å². The van der Waals surface area contributed by atoms with Crippen LogP contribution in [0.3, 0.4) is 0 Å². The summed E-state index contributed by atoms with van der Waals surface area (Å²) in [5, 5.41) is 26.1. The van der Waals surface area contributed by atoms with Crippen molar-refractivity contribution in [2.24, 2.45) is 5.10 Å². The van der Waals surface area contributed by atoms with E-state index in [0.717, 1.165) is 22.7 Å². The summed E-state index contributed by atoms with van der Waals surface area (Å²) >= 11 is 0. The van der Waals surface area contributed by atoms with Crippen LogP contribution in [0.25, 0.3) is 0 Å². The van der Waals surface area contributed by atoms with Crippen molar-refractivity contribution in [1.29, 1.82) is 0 Å². The number of carboxylic acids is 1. The molecule has 3 aromatic carbocycles. The van der Waals surface area contributed by atoms with Crippen LogP contribution in [0.1, 0.15) is 33.9 Å². The van der Waals surface area contributed by atoms with E-state index in [1.807, 2.05) is 41.4 Å². The fraction of sp³-hybridized carbons (Fsp3) is 0.130.